The second-order valence-electron chi connectivity index (χ2n) is 7.17. The van der Waals surface area contributed by atoms with Crippen LogP contribution < -0.4 is 5.32 Å². The fourth-order valence-corrected chi connectivity index (χ4v) is 4.41. The van der Waals surface area contributed by atoms with E-state index in [1.165, 1.54) is 28.3 Å². The molecule has 1 aromatic carbocycles. The van der Waals surface area contributed by atoms with Crippen molar-refractivity contribution < 1.29 is 13.2 Å². The van der Waals surface area contributed by atoms with Crippen LogP contribution in [0.1, 0.15) is 31.7 Å². The molecule has 1 N–H and O–H groups in total. The maximum atomic E-state index is 12.5. The van der Waals surface area contributed by atoms with Gasteiger partial charge in [-0.15, -0.1) is 0 Å². The van der Waals surface area contributed by atoms with E-state index in [4.69, 9.17) is 0 Å². The van der Waals surface area contributed by atoms with Crippen LogP contribution in [0.25, 0.3) is 0 Å². The Morgan fingerprint density at radius 3 is 2.38 bits per heavy atom. The molecule has 1 aromatic rings. The van der Waals surface area contributed by atoms with Gasteiger partial charge in [-0.2, -0.15) is 17.0 Å². The number of amides is 1. The van der Waals surface area contributed by atoms with Crippen LogP contribution in [-0.4, -0.2) is 56.7 Å². The molecule has 7 heteroatoms. The average molecular weight is 382 g/mol. The summed E-state index contributed by atoms with van der Waals surface area (Å²) < 4.78 is 27.0. The third kappa shape index (κ3) is 5.53. The Balaban J connectivity index is 1.79. The Morgan fingerprint density at radius 2 is 1.85 bits per heavy atom. The van der Waals surface area contributed by atoms with Gasteiger partial charge in [-0.1, -0.05) is 43.7 Å². The maximum Gasteiger partial charge on any atom is 0.281 e. The highest BCUT2D eigenvalue weighted by Gasteiger charge is 2.32. The van der Waals surface area contributed by atoms with Crippen LogP contribution in [0.5, 0.6) is 0 Å². The largest absolute Gasteiger partial charge is 0.356 e. The molecule has 146 valence electrons. The second kappa shape index (κ2) is 9.48. The van der Waals surface area contributed by atoms with Crippen LogP contribution in [0.4, 0.5) is 0 Å². The molecule has 0 saturated carbocycles. The van der Waals surface area contributed by atoms with Gasteiger partial charge in [0.05, 0.1) is 0 Å². The highest BCUT2D eigenvalue weighted by Crippen LogP contribution is 2.21. The number of hydrogen-bond donors (Lipinski definition) is 1. The fourth-order valence-electron chi connectivity index (χ4n) is 3.28. The van der Waals surface area contributed by atoms with Crippen molar-refractivity contribution in [3.8, 4) is 0 Å². The minimum atomic E-state index is -3.38. The molecule has 26 heavy (non-hydrogen) atoms. The smallest absolute Gasteiger partial charge is 0.281 e. The van der Waals surface area contributed by atoms with Gasteiger partial charge in [-0.05, 0) is 30.7 Å². The molecule has 2 rings (SSSR count). The molecule has 1 saturated heterocycles. The molecular weight excluding hydrogens is 350 g/mol. The van der Waals surface area contributed by atoms with Crippen LogP contribution in [0.2, 0.25) is 0 Å². The summed E-state index contributed by atoms with van der Waals surface area (Å²) in [5.41, 5.74) is 1.29. The molecule has 0 bridgehead atoms. The molecule has 1 atom stereocenters. The lowest BCUT2D eigenvalue weighted by atomic mass is 9.95. The quantitative estimate of drug-likeness (QED) is 0.748. The van der Waals surface area contributed by atoms with Crippen LogP contribution in [0, 0.1) is 11.8 Å². The third-order valence-corrected chi connectivity index (χ3v) is 7.06. The summed E-state index contributed by atoms with van der Waals surface area (Å²) in [6.07, 6.45) is 3.12. The molecule has 0 aliphatic carbocycles. The van der Waals surface area contributed by atoms with Crippen molar-refractivity contribution >= 4 is 16.1 Å². The third-order valence-electron chi connectivity index (χ3n) is 5.12. The number of benzene rings is 1. The van der Waals surface area contributed by atoms with E-state index in [9.17, 15) is 13.2 Å². The van der Waals surface area contributed by atoms with Crippen molar-refractivity contribution in [3.63, 3.8) is 0 Å². The molecule has 1 aliphatic rings. The number of carbonyl (C=O) groups excluding carboxylic acids is 1. The Labute approximate surface area is 157 Å². The highest BCUT2D eigenvalue weighted by atomic mass is 32.2. The maximum absolute atomic E-state index is 12.5. The fraction of sp³-hybridized carbons (Fsp3) is 0.632. The first-order valence-corrected chi connectivity index (χ1v) is 10.7. The molecule has 0 spiro atoms. The van der Waals surface area contributed by atoms with Gasteiger partial charge in [0.25, 0.3) is 10.2 Å². The Bertz CT molecular complexity index is 669. The van der Waals surface area contributed by atoms with Gasteiger partial charge < -0.3 is 5.32 Å². The summed E-state index contributed by atoms with van der Waals surface area (Å²) in [4.78, 5) is 12.5. The van der Waals surface area contributed by atoms with Gasteiger partial charge in [0.15, 0.2) is 0 Å². The van der Waals surface area contributed by atoms with E-state index >= 15 is 0 Å². The van der Waals surface area contributed by atoms with Crippen LogP contribution in [0.3, 0.4) is 0 Å². The monoisotopic (exact) mass is 381 g/mol. The van der Waals surface area contributed by atoms with Crippen LogP contribution in [-0.2, 0) is 21.4 Å². The SMILES string of the molecule is CC[C@H](CNC(=O)C1CCN(S(=O)(=O)N(C)C)CC1)Cc1ccccc1. The zero-order chi connectivity index (χ0) is 19.2. The summed E-state index contributed by atoms with van der Waals surface area (Å²) in [6, 6.07) is 10.3. The minimum absolute atomic E-state index is 0.0541. The molecule has 1 amide bonds. The lowest BCUT2D eigenvalue weighted by molar-refractivity contribution is -0.126. The van der Waals surface area contributed by atoms with E-state index < -0.39 is 10.2 Å². The number of nitrogens with zero attached hydrogens (tertiary/aromatic N) is 2. The first-order valence-electron chi connectivity index (χ1n) is 9.33. The number of piperidine rings is 1. The second-order valence-corrected chi connectivity index (χ2v) is 9.31. The Hall–Kier alpha value is -1.44. The molecule has 6 nitrogen and oxygen atoms in total. The normalized spacial score (nSPS) is 18.0. The summed E-state index contributed by atoms with van der Waals surface area (Å²) in [5.74, 6) is 0.367. The van der Waals surface area contributed by atoms with Crippen molar-refractivity contribution in [1.29, 1.82) is 0 Å². The van der Waals surface area contributed by atoms with Gasteiger partial charge in [-0.3, -0.25) is 4.79 Å². The Kier molecular flexibility index (Phi) is 7.61. The van der Waals surface area contributed by atoms with Gasteiger partial charge >= 0.3 is 0 Å². The number of nitrogens with one attached hydrogen (secondary N) is 1. The molecule has 1 heterocycles. The van der Waals surface area contributed by atoms with Crippen molar-refractivity contribution in [3.05, 3.63) is 35.9 Å². The van der Waals surface area contributed by atoms with Gasteiger partial charge in [0.1, 0.15) is 0 Å². The van der Waals surface area contributed by atoms with Gasteiger partial charge in [0, 0.05) is 39.6 Å². The molecule has 0 aromatic heterocycles. The van der Waals surface area contributed by atoms with Crippen LogP contribution in [0.15, 0.2) is 30.3 Å². The summed E-state index contributed by atoms with van der Waals surface area (Å²) in [5, 5.41) is 3.08. The van der Waals surface area contributed by atoms with Gasteiger partial charge in [-0.25, -0.2) is 0 Å². The van der Waals surface area contributed by atoms with E-state index in [1.54, 1.807) is 0 Å². The van der Waals surface area contributed by atoms with Crippen molar-refractivity contribution in [2.45, 2.75) is 32.6 Å². The van der Waals surface area contributed by atoms with E-state index in [1.807, 2.05) is 18.2 Å². The van der Waals surface area contributed by atoms with Crippen LogP contribution >= 0.6 is 0 Å². The number of carbonyl (C=O) groups is 1. The first-order chi connectivity index (χ1) is 12.3. The van der Waals surface area contributed by atoms with E-state index in [-0.39, 0.29) is 11.8 Å². The van der Waals surface area contributed by atoms with Gasteiger partial charge in [0.2, 0.25) is 5.91 Å². The number of rotatable bonds is 8. The molecule has 0 radical (unpaired) electrons. The van der Waals surface area contributed by atoms with E-state index in [0.29, 0.717) is 38.4 Å². The number of hydrogen-bond acceptors (Lipinski definition) is 3. The molecular formula is C19H31N3O3S. The summed E-state index contributed by atoms with van der Waals surface area (Å²) in [6.45, 7) is 3.62. The summed E-state index contributed by atoms with van der Waals surface area (Å²) in [7, 11) is -0.311. The summed E-state index contributed by atoms with van der Waals surface area (Å²) >= 11 is 0. The minimum Gasteiger partial charge on any atom is -0.356 e. The molecule has 1 aliphatic heterocycles. The standard InChI is InChI=1S/C19H31N3O3S/c1-4-16(14-17-8-6-5-7-9-17)15-20-19(23)18-10-12-22(13-11-18)26(24,25)21(2)3/h5-9,16,18H,4,10-15H2,1-3H3,(H,20,23)/t16-/m0/s1. The lowest BCUT2D eigenvalue weighted by Crippen LogP contribution is -2.47. The predicted octanol–water partition coefficient (Wildman–Crippen LogP) is 1.89. The lowest BCUT2D eigenvalue weighted by Gasteiger charge is -2.32. The molecule has 1 fully saturated rings. The highest BCUT2D eigenvalue weighted by molar-refractivity contribution is 7.86. The van der Waals surface area contributed by atoms with Crippen molar-refractivity contribution in [2.24, 2.45) is 11.8 Å². The zero-order valence-corrected chi connectivity index (χ0v) is 16.8. The molecule has 0 unspecified atom stereocenters. The Morgan fingerprint density at radius 1 is 1.23 bits per heavy atom. The van der Waals surface area contributed by atoms with E-state index in [2.05, 4.69) is 24.4 Å². The van der Waals surface area contributed by atoms with Crippen molar-refractivity contribution in [1.82, 2.24) is 13.9 Å². The topological polar surface area (TPSA) is 69.7 Å². The first kappa shape index (κ1) is 20.9. The van der Waals surface area contributed by atoms with E-state index in [0.717, 1.165) is 12.8 Å². The predicted molar refractivity (Wildman–Crippen MR) is 104 cm³/mol. The zero-order valence-electron chi connectivity index (χ0n) is 16.0. The van der Waals surface area contributed by atoms with Crippen molar-refractivity contribution in [2.75, 3.05) is 33.7 Å². The average Bonchev–Trinajstić information content (AvgIpc) is 2.65.